The Bertz CT molecular complexity index is 404. The Hall–Kier alpha value is -1.59. The minimum Gasteiger partial charge on any atom is -0.508 e. The van der Waals surface area contributed by atoms with Crippen LogP contribution in [0.2, 0.25) is 0 Å². The van der Waals surface area contributed by atoms with Crippen LogP contribution in [-0.2, 0) is 11.2 Å². The lowest BCUT2D eigenvalue weighted by atomic mass is 10.1. The summed E-state index contributed by atoms with van der Waals surface area (Å²) in [5.41, 5.74) is 6.78. The smallest absolute Gasteiger partial charge is 0.239 e. The van der Waals surface area contributed by atoms with Crippen LogP contribution in [0.3, 0.4) is 0 Å². The summed E-state index contributed by atoms with van der Waals surface area (Å²) in [6, 6.07) is 6.03. The van der Waals surface area contributed by atoms with Gasteiger partial charge in [-0.2, -0.15) is 0 Å². The van der Waals surface area contributed by atoms with Crippen molar-refractivity contribution in [1.29, 1.82) is 0 Å². The molecule has 2 atom stereocenters. The number of nitrogens with two attached hydrogens (primary N) is 1. The molecular formula is C14H22N2O3. The van der Waals surface area contributed by atoms with Crippen LogP contribution in [0.1, 0.15) is 18.9 Å². The van der Waals surface area contributed by atoms with Crippen molar-refractivity contribution < 1.29 is 15.0 Å². The highest BCUT2D eigenvalue weighted by atomic mass is 16.3. The standard InChI is InChI=1S/C14H22N2O3/c1-10(17)7-8-16(2)14(19)13(15)9-11-3-5-12(18)6-4-11/h3-6,10,13,17-18H,7-9,15H2,1-2H3. The molecule has 0 aliphatic carbocycles. The van der Waals surface area contributed by atoms with Gasteiger partial charge in [-0.3, -0.25) is 4.79 Å². The SMILES string of the molecule is CC(O)CCN(C)C(=O)C(N)Cc1ccc(O)cc1. The number of rotatable bonds is 6. The van der Waals surface area contributed by atoms with E-state index in [0.717, 1.165) is 5.56 Å². The van der Waals surface area contributed by atoms with Crippen LogP contribution in [0.15, 0.2) is 24.3 Å². The number of carbonyl (C=O) groups excluding carboxylic acids is 1. The zero-order valence-corrected chi connectivity index (χ0v) is 11.4. The Morgan fingerprint density at radius 2 is 1.95 bits per heavy atom. The molecular weight excluding hydrogens is 244 g/mol. The van der Waals surface area contributed by atoms with E-state index >= 15 is 0 Å². The van der Waals surface area contributed by atoms with E-state index in [1.807, 2.05) is 0 Å². The van der Waals surface area contributed by atoms with E-state index < -0.39 is 12.1 Å². The van der Waals surface area contributed by atoms with Crippen LogP contribution < -0.4 is 5.73 Å². The summed E-state index contributed by atoms with van der Waals surface area (Å²) in [4.78, 5) is 13.5. The van der Waals surface area contributed by atoms with Gasteiger partial charge in [-0.1, -0.05) is 12.1 Å². The molecule has 1 aromatic carbocycles. The number of likely N-dealkylation sites (N-methyl/N-ethyl adjacent to an activating group) is 1. The molecule has 0 heterocycles. The number of aliphatic hydroxyl groups is 1. The number of hydrogen-bond acceptors (Lipinski definition) is 4. The van der Waals surface area contributed by atoms with Gasteiger partial charge in [0, 0.05) is 13.6 Å². The molecule has 106 valence electrons. The molecule has 0 aromatic heterocycles. The number of hydrogen-bond donors (Lipinski definition) is 3. The maximum Gasteiger partial charge on any atom is 0.239 e. The Morgan fingerprint density at radius 1 is 1.37 bits per heavy atom. The molecule has 2 unspecified atom stereocenters. The fraction of sp³-hybridized carbons (Fsp3) is 0.500. The monoisotopic (exact) mass is 266 g/mol. The van der Waals surface area contributed by atoms with Crippen molar-refractivity contribution in [3.05, 3.63) is 29.8 Å². The number of benzene rings is 1. The third kappa shape index (κ3) is 5.28. The van der Waals surface area contributed by atoms with Crippen molar-refractivity contribution >= 4 is 5.91 Å². The number of nitrogens with zero attached hydrogens (tertiary/aromatic N) is 1. The average molecular weight is 266 g/mol. The molecule has 1 amide bonds. The van der Waals surface area contributed by atoms with Gasteiger partial charge in [0.1, 0.15) is 5.75 Å². The highest BCUT2D eigenvalue weighted by Gasteiger charge is 2.18. The molecule has 19 heavy (non-hydrogen) atoms. The fourth-order valence-electron chi connectivity index (χ4n) is 1.75. The first-order valence-corrected chi connectivity index (χ1v) is 6.36. The van der Waals surface area contributed by atoms with Crippen molar-refractivity contribution in [3.63, 3.8) is 0 Å². The molecule has 0 saturated heterocycles. The van der Waals surface area contributed by atoms with Gasteiger partial charge in [-0.15, -0.1) is 0 Å². The molecule has 1 rings (SSSR count). The van der Waals surface area contributed by atoms with Gasteiger partial charge < -0.3 is 20.8 Å². The Morgan fingerprint density at radius 3 is 2.47 bits per heavy atom. The maximum atomic E-state index is 12.0. The van der Waals surface area contributed by atoms with Crippen molar-refractivity contribution in [1.82, 2.24) is 4.90 Å². The topological polar surface area (TPSA) is 86.8 Å². The molecule has 0 saturated carbocycles. The molecule has 5 heteroatoms. The zero-order chi connectivity index (χ0) is 14.4. The number of phenols is 1. The van der Waals surface area contributed by atoms with Crippen molar-refractivity contribution in [3.8, 4) is 5.75 Å². The maximum absolute atomic E-state index is 12.0. The van der Waals surface area contributed by atoms with E-state index in [0.29, 0.717) is 19.4 Å². The Labute approximate surface area is 113 Å². The molecule has 0 bridgehead atoms. The normalized spacial score (nSPS) is 13.9. The molecule has 0 aliphatic heterocycles. The highest BCUT2D eigenvalue weighted by Crippen LogP contribution is 2.11. The average Bonchev–Trinajstić information content (AvgIpc) is 2.37. The van der Waals surface area contributed by atoms with E-state index in [-0.39, 0.29) is 11.7 Å². The molecule has 0 spiro atoms. The molecule has 1 aromatic rings. The molecule has 5 nitrogen and oxygen atoms in total. The molecule has 0 fully saturated rings. The van der Waals surface area contributed by atoms with Crippen LogP contribution >= 0.6 is 0 Å². The largest absolute Gasteiger partial charge is 0.508 e. The first-order valence-electron chi connectivity index (χ1n) is 6.36. The predicted octanol–water partition coefficient (Wildman–Crippen LogP) is 0.491. The summed E-state index contributed by atoms with van der Waals surface area (Å²) < 4.78 is 0. The lowest BCUT2D eigenvalue weighted by Gasteiger charge is -2.22. The number of phenolic OH excluding ortho intramolecular Hbond substituents is 1. The number of aromatic hydroxyl groups is 1. The second-order valence-electron chi connectivity index (χ2n) is 4.87. The Kier molecular flexibility index (Phi) is 5.79. The van der Waals surface area contributed by atoms with Gasteiger partial charge >= 0.3 is 0 Å². The second-order valence-corrected chi connectivity index (χ2v) is 4.87. The number of amides is 1. The number of aliphatic hydroxyl groups excluding tert-OH is 1. The third-order valence-corrected chi connectivity index (χ3v) is 2.97. The van der Waals surface area contributed by atoms with E-state index in [1.54, 1.807) is 38.2 Å². The van der Waals surface area contributed by atoms with Crippen molar-refractivity contribution in [2.75, 3.05) is 13.6 Å². The zero-order valence-electron chi connectivity index (χ0n) is 11.4. The summed E-state index contributed by atoms with van der Waals surface area (Å²) in [7, 11) is 1.68. The van der Waals surface area contributed by atoms with Crippen LogP contribution in [0, 0.1) is 0 Å². The quantitative estimate of drug-likeness (QED) is 0.699. The number of carbonyl (C=O) groups is 1. The minimum atomic E-state index is -0.608. The van der Waals surface area contributed by atoms with E-state index in [4.69, 9.17) is 5.73 Å². The fourth-order valence-corrected chi connectivity index (χ4v) is 1.75. The lowest BCUT2D eigenvalue weighted by Crippen LogP contribution is -2.43. The first-order chi connectivity index (χ1) is 8.90. The van der Waals surface area contributed by atoms with Crippen molar-refractivity contribution in [2.45, 2.75) is 31.9 Å². The summed E-state index contributed by atoms with van der Waals surface area (Å²) in [5.74, 6) is 0.0476. The summed E-state index contributed by atoms with van der Waals surface area (Å²) in [6.45, 7) is 2.18. The van der Waals surface area contributed by atoms with Gasteiger partial charge in [0.25, 0.3) is 0 Å². The summed E-state index contributed by atoms with van der Waals surface area (Å²) in [5, 5.41) is 18.4. The van der Waals surface area contributed by atoms with E-state index in [9.17, 15) is 15.0 Å². The van der Waals surface area contributed by atoms with E-state index in [2.05, 4.69) is 0 Å². The van der Waals surface area contributed by atoms with Gasteiger partial charge in [-0.25, -0.2) is 0 Å². The van der Waals surface area contributed by atoms with Gasteiger partial charge in [0.15, 0.2) is 0 Å². The first kappa shape index (κ1) is 15.5. The van der Waals surface area contributed by atoms with Gasteiger partial charge in [-0.05, 0) is 37.5 Å². The van der Waals surface area contributed by atoms with Crippen LogP contribution in [0.25, 0.3) is 0 Å². The molecule has 0 aliphatic rings. The van der Waals surface area contributed by atoms with E-state index in [1.165, 1.54) is 4.90 Å². The van der Waals surface area contributed by atoms with Gasteiger partial charge in [0.2, 0.25) is 5.91 Å². The highest BCUT2D eigenvalue weighted by molar-refractivity contribution is 5.81. The summed E-state index contributed by atoms with van der Waals surface area (Å²) in [6.07, 6.45) is 0.537. The van der Waals surface area contributed by atoms with Crippen LogP contribution in [-0.4, -0.2) is 46.8 Å². The van der Waals surface area contributed by atoms with Crippen LogP contribution in [0.4, 0.5) is 0 Å². The Balaban J connectivity index is 2.50. The third-order valence-electron chi connectivity index (χ3n) is 2.97. The molecule has 4 N–H and O–H groups in total. The molecule has 0 radical (unpaired) electrons. The predicted molar refractivity (Wildman–Crippen MR) is 73.7 cm³/mol. The second kappa shape index (κ2) is 7.11. The summed E-state index contributed by atoms with van der Waals surface area (Å²) >= 11 is 0. The lowest BCUT2D eigenvalue weighted by molar-refractivity contribution is -0.131. The minimum absolute atomic E-state index is 0.145. The van der Waals surface area contributed by atoms with Crippen molar-refractivity contribution in [2.24, 2.45) is 5.73 Å². The van der Waals surface area contributed by atoms with Gasteiger partial charge in [0.05, 0.1) is 12.1 Å². The van der Waals surface area contributed by atoms with Crippen LogP contribution in [0.5, 0.6) is 5.75 Å².